The maximum Gasteiger partial charge on any atom is 0.234 e. The molecule has 1 saturated heterocycles. The first-order chi connectivity index (χ1) is 8.08. The van der Waals surface area contributed by atoms with Crippen molar-refractivity contribution in [2.45, 2.75) is 25.9 Å². The second-order valence-corrected chi connectivity index (χ2v) is 5.89. The van der Waals surface area contributed by atoms with E-state index in [2.05, 4.69) is 29.3 Å². The number of hydrogen-bond donors (Lipinski definition) is 2. The molecule has 1 aliphatic rings. The van der Waals surface area contributed by atoms with Gasteiger partial charge in [0, 0.05) is 28.9 Å². The summed E-state index contributed by atoms with van der Waals surface area (Å²) in [5.74, 6) is 0.0928. The van der Waals surface area contributed by atoms with E-state index in [1.54, 1.807) is 11.3 Å². The van der Waals surface area contributed by atoms with Gasteiger partial charge in [0.2, 0.25) is 5.91 Å². The van der Waals surface area contributed by atoms with Crippen LogP contribution in [-0.4, -0.2) is 36.5 Å². The summed E-state index contributed by atoms with van der Waals surface area (Å²) in [4.78, 5) is 16.2. The van der Waals surface area contributed by atoms with Crippen LogP contribution in [0, 0.1) is 6.92 Å². The van der Waals surface area contributed by atoms with Crippen LogP contribution < -0.4 is 11.1 Å². The number of nitrogens with one attached hydrogen (secondary N) is 1. The SMILES string of the molecule is Cc1ccc(C(C(C)N)N2CCNC(=O)C2)s1. The van der Waals surface area contributed by atoms with E-state index in [1.807, 2.05) is 6.92 Å². The molecule has 17 heavy (non-hydrogen) atoms. The van der Waals surface area contributed by atoms with Crippen LogP contribution in [0.3, 0.4) is 0 Å². The fraction of sp³-hybridized carbons (Fsp3) is 0.583. The number of nitrogens with zero attached hydrogens (tertiary/aromatic N) is 1. The van der Waals surface area contributed by atoms with Crippen molar-refractivity contribution in [3.8, 4) is 0 Å². The summed E-state index contributed by atoms with van der Waals surface area (Å²) in [6.07, 6.45) is 0. The summed E-state index contributed by atoms with van der Waals surface area (Å²) in [6, 6.07) is 4.42. The molecule has 94 valence electrons. The Balaban J connectivity index is 2.19. The number of nitrogens with two attached hydrogens (primary N) is 1. The number of hydrogen-bond acceptors (Lipinski definition) is 4. The van der Waals surface area contributed by atoms with E-state index >= 15 is 0 Å². The highest BCUT2D eigenvalue weighted by atomic mass is 32.1. The predicted octanol–water partition coefficient (Wildman–Crippen LogP) is 0.877. The zero-order valence-electron chi connectivity index (χ0n) is 10.3. The molecule has 0 radical (unpaired) electrons. The van der Waals surface area contributed by atoms with Crippen molar-refractivity contribution in [2.24, 2.45) is 5.73 Å². The maximum atomic E-state index is 11.4. The Morgan fingerprint density at radius 1 is 1.53 bits per heavy atom. The third-order valence-electron chi connectivity index (χ3n) is 3.01. The Kier molecular flexibility index (Phi) is 3.81. The molecule has 2 atom stereocenters. The number of piperazine rings is 1. The summed E-state index contributed by atoms with van der Waals surface area (Å²) < 4.78 is 0. The minimum atomic E-state index is 0.0268. The standard InChI is InChI=1S/C12H19N3OS/c1-8-3-4-10(17-8)12(9(2)13)15-6-5-14-11(16)7-15/h3-4,9,12H,5-7,13H2,1-2H3,(H,14,16). The van der Waals surface area contributed by atoms with Crippen LogP contribution >= 0.6 is 11.3 Å². The fourth-order valence-corrected chi connectivity index (χ4v) is 3.41. The lowest BCUT2D eigenvalue weighted by atomic mass is 10.1. The summed E-state index contributed by atoms with van der Waals surface area (Å²) in [7, 11) is 0. The van der Waals surface area contributed by atoms with Crippen LogP contribution in [-0.2, 0) is 4.79 Å². The topological polar surface area (TPSA) is 58.4 Å². The second kappa shape index (κ2) is 5.16. The summed E-state index contributed by atoms with van der Waals surface area (Å²) in [6.45, 7) is 6.13. The van der Waals surface area contributed by atoms with E-state index in [0.29, 0.717) is 13.1 Å². The van der Waals surface area contributed by atoms with Gasteiger partial charge in [-0.25, -0.2) is 0 Å². The van der Waals surface area contributed by atoms with Crippen LogP contribution in [0.15, 0.2) is 12.1 Å². The summed E-state index contributed by atoms with van der Waals surface area (Å²) in [5, 5.41) is 2.84. The van der Waals surface area contributed by atoms with E-state index in [-0.39, 0.29) is 18.0 Å². The summed E-state index contributed by atoms with van der Waals surface area (Å²) >= 11 is 1.77. The first-order valence-electron chi connectivity index (χ1n) is 5.90. The molecule has 2 unspecified atom stereocenters. The van der Waals surface area contributed by atoms with E-state index in [9.17, 15) is 4.79 Å². The second-order valence-electron chi connectivity index (χ2n) is 4.57. The third kappa shape index (κ3) is 2.86. The maximum absolute atomic E-state index is 11.4. The molecular formula is C12H19N3OS. The molecule has 0 aromatic carbocycles. The smallest absolute Gasteiger partial charge is 0.234 e. The van der Waals surface area contributed by atoms with Gasteiger partial charge in [-0.15, -0.1) is 11.3 Å². The average molecular weight is 253 g/mol. The predicted molar refractivity (Wildman–Crippen MR) is 70.0 cm³/mol. The largest absolute Gasteiger partial charge is 0.354 e. The third-order valence-corrected chi connectivity index (χ3v) is 4.08. The van der Waals surface area contributed by atoms with Gasteiger partial charge in [0.1, 0.15) is 0 Å². The molecule has 4 nitrogen and oxygen atoms in total. The molecule has 1 aromatic heterocycles. The molecule has 1 fully saturated rings. The van der Waals surface area contributed by atoms with Crippen molar-refractivity contribution in [1.29, 1.82) is 0 Å². The zero-order chi connectivity index (χ0) is 12.4. The van der Waals surface area contributed by atoms with Gasteiger partial charge in [0.25, 0.3) is 0 Å². The Morgan fingerprint density at radius 3 is 2.82 bits per heavy atom. The molecule has 5 heteroatoms. The molecule has 1 amide bonds. The number of carbonyl (C=O) groups excluding carboxylic acids is 1. The normalized spacial score (nSPS) is 21.0. The van der Waals surface area contributed by atoms with Gasteiger partial charge < -0.3 is 11.1 Å². The lowest BCUT2D eigenvalue weighted by molar-refractivity contribution is -0.125. The van der Waals surface area contributed by atoms with Crippen molar-refractivity contribution in [3.05, 3.63) is 21.9 Å². The van der Waals surface area contributed by atoms with E-state index in [0.717, 1.165) is 6.54 Å². The molecule has 2 rings (SSSR count). The molecule has 3 N–H and O–H groups in total. The highest BCUT2D eigenvalue weighted by molar-refractivity contribution is 7.12. The highest BCUT2D eigenvalue weighted by Gasteiger charge is 2.28. The molecule has 1 aliphatic heterocycles. The lowest BCUT2D eigenvalue weighted by Crippen LogP contribution is -2.51. The highest BCUT2D eigenvalue weighted by Crippen LogP contribution is 2.29. The quantitative estimate of drug-likeness (QED) is 0.840. The van der Waals surface area contributed by atoms with E-state index < -0.39 is 0 Å². The molecular weight excluding hydrogens is 234 g/mol. The van der Waals surface area contributed by atoms with Crippen LogP contribution in [0.25, 0.3) is 0 Å². The van der Waals surface area contributed by atoms with Crippen LogP contribution in [0.5, 0.6) is 0 Å². The van der Waals surface area contributed by atoms with Gasteiger partial charge in [0.15, 0.2) is 0 Å². The first kappa shape index (κ1) is 12.5. The number of carbonyl (C=O) groups is 1. The Hall–Kier alpha value is -0.910. The van der Waals surface area contributed by atoms with Crippen molar-refractivity contribution >= 4 is 17.2 Å². The van der Waals surface area contributed by atoms with Crippen molar-refractivity contribution in [1.82, 2.24) is 10.2 Å². The molecule has 0 aliphatic carbocycles. The Morgan fingerprint density at radius 2 is 2.29 bits per heavy atom. The van der Waals surface area contributed by atoms with Gasteiger partial charge in [-0.05, 0) is 26.0 Å². The lowest BCUT2D eigenvalue weighted by Gasteiger charge is -2.35. The van der Waals surface area contributed by atoms with Crippen LogP contribution in [0.2, 0.25) is 0 Å². The molecule has 0 saturated carbocycles. The molecule has 0 spiro atoms. The summed E-state index contributed by atoms with van der Waals surface area (Å²) in [5.41, 5.74) is 6.09. The van der Waals surface area contributed by atoms with Gasteiger partial charge in [0.05, 0.1) is 12.6 Å². The minimum Gasteiger partial charge on any atom is -0.354 e. The Labute approximate surface area is 106 Å². The molecule has 0 bridgehead atoms. The number of thiophene rings is 1. The number of aryl methyl sites for hydroxylation is 1. The first-order valence-corrected chi connectivity index (χ1v) is 6.72. The number of rotatable bonds is 3. The monoisotopic (exact) mass is 253 g/mol. The number of amides is 1. The fourth-order valence-electron chi connectivity index (χ4n) is 2.28. The van der Waals surface area contributed by atoms with Gasteiger partial charge in [-0.2, -0.15) is 0 Å². The zero-order valence-corrected chi connectivity index (χ0v) is 11.1. The van der Waals surface area contributed by atoms with Crippen molar-refractivity contribution < 1.29 is 4.79 Å². The van der Waals surface area contributed by atoms with E-state index in [1.165, 1.54) is 9.75 Å². The van der Waals surface area contributed by atoms with Crippen LogP contribution in [0.1, 0.15) is 22.7 Å². The minimum absolute atomic E-state index is 0.0268. The average Bonchev–Trinajstić information content (AvgIpc) is 2.64. The van der Waals surface area contributed by atoms with Gasteiger partial charge >= 0.3 is 0 Å². The van der Waals surface area contributed by atoms with Gasteiger partial charge in [-0.3, -0.25) is 9.69 Å². The Bertz CT molecular complexity index is 402. The van der Waals surface area contributed by atoms with Crippen molar-refractivity contribution in [3.63, 3.8) is 0 Å². The van der Waals surface area contributed by atoms with E-state index in [4.69, 9.17) is 5.73 Å². The molecule has 2 heterocycles. The van der Waals surface area contributed by atoms with Gasteiger partial charge in [-0.1, -0.05) is 0 Å². The van der Waals surface area contributed by atoms with Crippen molar-refractivity contribution in [2.75, 3.05) is 19.6 Å². The molecule has 1 aromatic rings. The van der Waals surface area contributed by atoms with Crippen LogP contribution in [0.4, 0.5) is 0 Å².